The van der Waals surface area contributed by atoms with Gasteiger partial charge in [0.15, 0.2) is 11.5 Å². The minimum Gasteiger partial charge on any atom is -0.358 e. The van der Waals surface area contributed by atoms with Crippen molar-refractivity contribution in [2.75, 3.05) is 18.5 Å². The van der Waals surface area contributed by atoms with Gasteiger partial charge in [0.2, 0.25) is 0 Å². The number of hydrogen-bond donors (Lipinski definition) is 0. The second kappa shape index (κ2) is 5.40. The first kappa shape index (κ1) is 13.2. The Hall–Kier alpha value is -2.44. The summed E-state index contributed by atoms with van der Waals surface area (Å²) in [6.07, 6.45) is 9.10. The number of imidazole rings is 1. The van der Waals surface area contributed by atoms with Gasteiger partial charge in [-0.2, -0.15) is 4.52 Å². The van der Waals surface area contributed by atoms with Crippen molar-refractivity contribution < 1.29 is 0 Å². The Kier molecular flexibility index (Phi) is 3.25. The van der Waals surface area contributed by atoms with Crippen LogP contribution in [0.5, 0.6) is 0 Å². The highest BCUT2D eigenvalue weighted by molar-refractivity contribution is 5.45. The summed E-state index contributed by atoms with van der Waals surface area (Å²) in [4.78, 5) is 6.23. The molecule has 1 saturated carbocycles. The fourth-order valence-corrected chi connectivity index (χ4v) is 2.62. The van der Waals surface area contributed by atoms with Gasteiger partial charge in [0.25, 0.3) is 0 Å². The van der Waals surface area contributed by atoms with E-state index in [0.717, 1.165) is 36.8 Å². The molecule has 3 aromatic heterocycles. The van der Waals surface area contributed by atoms with Crippen LogP contribution in [0.1, 0.15) is 31.0 Å². The summed E-state index contributed by atoms with van der Waals surface area (Å²) in [5, 5.41) is 13.2. The van der Waals surface area contributed by atoms with E-state index in [9.17, 15) is 0 Å². The summed E-state index contributed by atoms with van der Waals surface area (Å²) in [7, 11) is 2.07. The normalized spacial score (nSPS) is 14.6. The fourth-order valence-electron chi connectivity index (χ4n) is 2.62. The van der Waals surface area contributed by atoms with Gasteiger partial charge in [-0.1, -0.05) is 0 Å². The maximum atomic E-state index is 4.71. The van der Waals surface area contributed by atoms with E-state index in [1.807, 2.05) is 35.4 Å². The van der Waals surface area contributed by atoms with Crippen LogP contribution in [-0.2, 0) is 6.54 Å². The Bertz CT molecular complexity index is 757. The summed E-state index contributed by atoms with van der Waals surface area (Å²) in [5.41, 5.74) is 0.831. The predicted octanol–water partition coefficient (Wildman–Crippen LogP) is 1.72. The number of anilines is 1. The zero-order chi connectivity index (χ0) is 14.9. The van der Waals surface area contributed by atoms with Gasteiger partial charge in [-0.05, 0) is 31.4 Å². The van der Waals surface area contributed by atoms with E-state index in [2.05, 4.69) is 31.7 Å². The van der Waals surface area contributed by atoms with Crippen molar-refractivity contribution in [2.24, 2.45) is 0 Å². The zero-order valence-electron chi connectivity index (χ0n) is 12.6. The zero-order valence-corrected chi connectivity index (χ0v) is 12.6. The number of rotatable bonds is 6. The first-order valence-electron chi connectivity index (χ1n) is 7.70. The van der Waals surface area contributed by atoms with Crippen molar-refractivity contribution in [1.29, 1.82) is 0 Å². The third-order valence-corrected chi connectivity index (χ3v) is 4.08. The molecule has 22 heavy (non-hydrogen) atoms. The second-order valence-corrected chi connectivity index (χ2v) is 5.87. The molecule has 4 rings (SSSR count). The van der Waals surface area contributed by atoms with Crippen molar-refractivity contribution in [2.45, 2.75) is 31.7 Å². The molecule has 7 nitrogen and oxygen atoms in total. The van der Waals surface area contributed by atoms with Gasteiger partial charge in [-0.25, -0.2) is 4.98 Å². The van der Waals surface area contributed by atoms with Gasteiger partial charge in [-0.15, -0.1) is 15.3 Å². The topological polar surface area (TPSA) is 64.1 Å². The summed E-state index contributed by atoms with van der Waals surface area (Å²) in [5.74, 6) is 2.51. The van der Waals surface area contributed by atoms with Crippen LogP contribution in [0.4, 0.5) is 5.82 Å². The van der Waals surface area contributed by atoms with E-state index < -0.39 is 0 Å². The standard InChI is InChI=1S/C15H19N7/c1-20(8-2-9-21-10-7-16-11-21)14-6-5-13-17-18-15(12-3-4-12)22(13)19-14/h5-7,10-12H,2-4,8-9H2,1H3. The van der Waals surface area contributed by atoms with E-state index in [0.29, 0.717) is 5.92 Å². The quantitative estimate of drug-likeness (QED) is 0.693. The molecular weight excluding hydrogens is 278 g/mol. The van der Waals surface area contributed by atoms with E-state index in [4.69, 9.17) is 5.10 Å². The molecule has 0 saturated heterocycles. The Morgan fingerprint density at radius 2 is 2.18 bits per heavy atom. The molecule has 0 bridgehead atoms. The highest BCUT2D eigenvalue weighted by atomic mass is 15.4. The van der Waals surface area contributed by atoms with Crippen molar-refractivity contribution >= 4 is 11.5 Å². The van der Waals surface area contributed by atoms with Gasteiger partial charge in [0.1, 0.15) is 5.82 Å². The van der Waals surface area contributed by atoms with Crippen molar-refractivity contribution in [3.05, 3.63) is 36.7 Å². The second-order valence-electron chi connectivity index (χ2n) is 5.87. The Labute approximate surface area is 128 Å². The maximum absolute atomic E-state index is 4.71. The first-order chi connectivity index (χ1) is 10.8. The van der Waals surface area contributed by atoms with Crippen LogP contribution in [0.3, 0.4) is 0 Å². The molecule has 0 amide bonds. The smallest absolute Gasteiger partial charge is 0.178 e. The number of aryl methyl sites for hydroxylation is 1. The monoisotopic (exact) mass is 297 g/mol. The van der Waals surface area contributed by atoms with Gasteiger partial charge >= 0.3 is 0 Å². The summed E-state index contributed by atoms with van der Waals surface area (Å²) < 4.78 is 3.99. The molecule has 3 heterocycles. The molecule has 0 N–H and O–H groups in total. The van der Waals surface area contributed by atoms with Gasteiger partial charge in [-0.3, -0.25) is 0 Å². The first-order valence-corrected chi connectivity index (χ1v) is 7.70. The van der Waals surface area contributed by atoms with Crippen molar-refractivity contribution in [3.63, 3.8) is 0 Å². The van der Waals surface area contributed by atoms with Crippen LogP contribution >= 0.6 is 0 Å². The molecule has 1 aliphatic carbocycles. The van der Waals surface area contributed by atoms with Crippen LogP contribution in [0, 0.1) is 0 Å². The molecule has 7 heteroatoms. The largest absolute Gasteiger partial charge is 0.358 e. The lowest BCUT2D eigenvalue weighted by molar-refractivity contribution is 0.633. The highest BCUT2D eigenvalue weighted by Crippen LogP contribution is 2.38. The van der Waals surface area contributed by atoms with Crippen LogP contribution in [0.2, 0.25) is 0 Å². The van der Waals surface area contributed by atoms with Gasteiger partial charge in [0, 0.05) is 38.4 Å². The molecule has 0 aromatic carbocycles. The van der Waals surface area contributed by atoms with E-state index in [1.165, 1.54) is 12.8 Å². The number of fused-ring (bicyclic) bond motifs is 1. The minimum atomic E-state index is 0.546. The Balaban J connectivity index is 1.46. The van der Waals surface area contributed by atoms with Crippen molar-refractivity contribution in [1.82, 2.24) is 29.4 Å². The van der Waals surface area contributed by atoms with E-state index >= 15 is 0 Å². The van der Waals surface area contributed by atoms with Gasteiger partial charge in [0.05, 0.1) is 6.33 Å². The molecule has 0 aliphatic heterocycles. The van der Waals surface area contributed by atoms with E-state index in [-0.39, 0.29) is 0 Å². The predicted molar refractivity (Wildman–Crippen MR) is 82.9 cm³/mol. The molecule has 0 spiro atoms. The third kappa shape index (κ3) is 2.54. The lowest BCUT2D eigenvalue weighted by atomic mass is 10.3. The molecule has 1 aliphatic rings. The van der Waals surface area contributed by atoms with Crippen LogP contribution < -0.4 is 4.90 Å². The Morgan fingerprint density at radius 3 is 2.95 bits per heavy atom. The van der Waals surface area contributed by atoms with Crippen LogP contribution in [-0.4, -0.2) is 43.0 Å². The lowest BCUT2D eigenvalue weighted by Gasteiger charge is -2.18. The van der Waals surface area contributed by atoms with Crippen LogP contribution in [0.15, 0.2) is 30.9 Å². The third-order valence-electron chi connectivity index (χ3n) is 4.08. The average molecular weight is 297 g/mol. The average Bonchev–Trinajstić information content (AvgIpc) is 3.09. The summed E-state index contributed by atoms with van der Waals surface area (Å²) in [6, 6.07) is 4.01. The molecule has 3 aromatic rings. The minimum absolute atomic E-state index is 0.546. The summed E-state index contributed by atoms with van der Waals surface area (Å²) >= 11 is 0. The molecule has 1 fully saturated rings. The molecule has 0 radical (unpaired) electrons. The molecule has 0 unspecified atom stereocenters. The van der Waals surface area contributed by atoms with Crippen molar-refractivity contribution in [3.8, 4) is 0 Å². The maximum Gasteiger partial charge on any atom is 0.178 e. The molecular formula is C15H19N7. The fraction of sp³-hybridized carbons (Fsp3) is 0.467. The lowest BCUT2D eigenvalue weighted by Crippen LogP contribution is -2.21. The SMILES string of the molecule is CN(CCCn1ccnc1)c1ccc2nnc(C3CC3)n2n1. The molecule has 114 valence electrons. The van der Waals surface area contributed by atoms with Gasteiger partial charge < -0.3 is 9.47 Å². The van der Waals surface area contributed by atoms with Crippen LogP contribution in [0.25, 0.3) is 5.65 Å². The number of hydrogen-bond acceptors (Lipinski definition) is 5. The van der Waals surface area contributed by atoms with E-state index in [1.54, 1.807) is 0 Å². The molecule has 0 atom stereocenters. The highest BCUT2D eigenvalue weighted by Gasteiger charge is 2.29. The number of nitrogens with zero attached hydrogens (tertiary/aromatic N) is 7. The number of aromatic nitrogens is 6. The Morgan fingerprint density at radius 1 is 1.27 bits per heavy atom. The summed E-state index contributed by atoms with van der Waals surface area (Å²) in [6.45, 7) is 1.91.